The largest absolute Gasteiger partial charge is 0.310 e. The van der Waals surface area contributed by atoms with E-state index in [1.54, 1.807) is 0 Å². The van der Waals surface area contributed by atoms with Crippen molar-refractivity contribution in [2.24, 2.45) is 0 Å². The Kier molecular flexibility index (Phi) is 15.7. The summed E-state index contributed by atoms with van der Waals surface area (Å²) >= 11 is 0. The zero-order valence-electron chi connectivity index (χ0n) is 55.9. The quantitative estimate of drug-likeness (QED) is 0.0951. The van der Waals surface area contributed by atoms with Gasteiger partial charge >= 0.3 is 0 Å². The van der Waals surface area contributed by atoms with Gasteiger partial charge in [0.2, 0.25) is 0 Å². The lowest BCUT2D eigenvalue weighted by Crippen LogP contribution is -2.30. The summed E-state index contributed by atoms with van der Waals surface area (Å²) in [5, 5.41) is 0. The van der Waals surface area contributed by atoms with Crippen LogP contribution in [0.1, 0.15) is 108 Å². The van der Waals surface area contributed by atoms with E-state index in [1.807, 2.05) is 12.2 Å². The maximum atomic E-state index is 4.07. The Hall–Kier alpha value is -11.1. The fraction of sp³-hybridized carbons (Fsp3) is 0.128. The van der Waals surface area contributed by atoms with Gasteiger partial charge in [-0.15, -0.1) is 0 Å². The standard InChI is InChI=1S/C94H80N2/c1-9-65-29-33-67(34-30-65)63-93(75-49-45-73(46-50-75)91(3,4)5)87-27-19-17-25-83(87)85-59-57-81(61-89(85)93)95(77-21-13-11-14-22-77)79-53-41-71(42-54-79)69-37-39-70(40-38-69)72-43-55-80(56-44-72)96(78-23-15-12-16-24-78)82-58-60-86-84-26-18-20-28-88(84)94(90(86)62-82,64-68-35-31-66(10-2)32-36-68)76-51-47-74(48-52-76)92(6,7)8/h9-62H,1-2,63-64H2,3-8H3. The highest BCUT2D eigenvalue weighted by molar-refractivity contribution is 5.90. The van der Waals surface area contributed by atoms with E-state index < -0.39 is 10.8 Å². The van der Waals surface area contributed by atoms with Gasteiger partial charge in [0.25, 0.3) is 0 Å². The Morgan fingerprint density at radius 3 is 0.906 bits per heavy atom. The zero-order valence-corrected chi connectivity index (χ0v) is 55.9. The summed E-state index contributed by atoms with van der Waals surface area (Å²) in [5.41, 5.74) is 30.9. The van der Waals surface area contributed by atoms with E-state index in [0.29, 0.717) is 0 Å². The van der Waals surface area contributed by atoms with Crippen molar-refractivity contribution in [1.82, 2.24) is 0 Å². The molecule has 2 aliphatic carbocycles. The summed E-state index contributed by atoms with van der Waals surface area (Å²) in [4.78, 5) is 4.83. The first-order valence-electron chi connectivity index (χ1n) is 33.9. The molecule has 0 N–H and O–H groups in total. The molecule has 0 radical (unpaired) electrons. The second-order valence-corrected chi connectivity index (χ2v) is 28.3. The predicted octanol–water partition coefficient (Wildman–Crippen LogP) is 25.0. The average Bonchev–Trinajstić information content (AvgIpc) is 1.55. The number of hydrogen-bond acceptors (Lipinski definition) is 2. The van der Waals surface area contributed by atoms with Crippen molar-refractivity contribution in [3.63, 3.8) is 0 Å². The van der Waals surface area contributed by atoms with Gasteiger partial charge in [0.05, 0.1) is 10.8 Å². The first-order valence-corrected chi connectivity index (χ1v) is 33.9. The minimum Gasteiger partial charge on any atom is -0.310 e. The normalized spacial score (nSPS) is 15.2. The SMILES string of the molecule is C=Cc1ccc(CC2(c3ccc(C(C)(C)C)cc3)c3ccccc3-c3ccc(N(c4ccccc4)c4ccc(-c5ccc(-c6ccc(N(c7ccccc7)c7ccc8c(c7)C(Cc7ccc(C=C)cc7)(c7ccc(C(C)(C)C)cc7)c7ccccc7-8)cc6)cc5)cc4)cc32)cc1. The lowest BCUT2D eigenvalue weighted by molar-refractivity contribution is 0.586. The fourth-order valence-electron chi connectivity index (χ4n) is 15.4. The molecule has 466 valence electrons. The topological polar surface area (TPSA) is 6.48 Å². The molecule has 0 heterocycles. The molecule has 0 aliphatic heterocycles. The molecular weight excluding hydrogens is 1160 g/mol. The maximum Gasteiger partial charge on any atom is 0.0504 e. The van der Waals surface area contributed by atoms with E-state index in [9.17, 15) is 0 Å². The molecule has 0 aromatic heterocycles. The highest BCUT2D eigenvalue weighted by atomic mass is 15.1. The lowest BCUT2D eigenvalue weighted by Gasteiger charge is -2.35. The summed E-state index contributed by atoms with van der Waals surface area (Å²) in [5.74, 6) is 0. The van der Waals surface area contributed by atoms with Crippen LogP contribution in [-0.2, 0) is 34.5 Å². The van der Waals surface area contributed by atoms with Gasteiger partial charge in [-0.3, -0.25) is 0 Å². The Morgan fingerprint density at radius 2 is 0.573 bits per heavy atom. The minimum atomic E-state index is -0.455. The van der Waals surface area contributed by atoms with E-state index in [-0.39, 0.29) is 10.8 Å². The summed E-state index contributed by atoms with van der Waals surface area (Å²) in [6.07, 6.45) is 5.46. The van der Waals surface area contributed by atoms with E-state index in [0.717, 1.165) is 80.3 Å². The maximum absolute atomic E-state index is 4.07. The second-order valence-electron chi connectivity index (χ2n) is 28.3. The first-order chi connectivity index (χ1) is 46.7. The molecule has 15 rings (SSSR count). The van der Waals surface area contributed by atoms with Gasteiger partial charge < -0.3 is 9.80 Å². The smallest absolute Gasteiger partial charge is 0.0504 e. The molecule has 0 bridgehead atoms. The van der Waals surface area contributed by atoms with E-state index in [4.69, 9.17) is 0 Å². The number of benzene rings is 13. The highest BCUT2D eigenvalue weighted by Crippen LogP contribution is 2.58. The van der Waals surface area contributed by atoms with E-state index in [1.165, 1.54) is 77.9 Å². The van der Waals surface area contributed by atoms with Gasteiger partial charge in [0.15, 0.2) is 0 Å². The fourth-order valence-corrected chi connectivity index (χ4v) is 15.4. The van der Waals surface area contributed by atoms with Crippen molar-refractivity contribution in [3.05, 3.63) is 395 Å². The number of rotatable bonds is 16. The van der Waals surface area contributed by atoms with Crippen molar-refractivity contribution in [3.8, 4) is 44.5 Å². The van der Waals surface area contributed by atoms with Crippen LogP contribution in [0.5, 0.6) is 0 Å². The van der Waals surface area contributed by atoms with Gasteiger partial charge in [0.1, 0.15) is 0 Å². The van der Waals surface area contributed by atoms with Crippen LogP contribution >= 0.6 is 0 Å². The second kappa shape index (κ2) is 24.7. The van der Waals surface area contributed by atoms with Crippen molar-refractivity contribution < 1.29 is 0 Å². The van der Waals surface area contributed by atoms with Crippen LogP contribution in [-0.4, -0.2) is 0 Å². The monoisotopic (exact) mass is 1240 g/mol. The lowest BCUT2D eigenvalue weighted by atomic mass is 9.68. The number of fused-ring (bicyclic) bond motifs is 6. The molecule has 0 amide bonds. The number of nitrogens with zero attached hydrogens (tertiary/aromatic N) is 2. The zero-order chi connectivity index (χ0) is 65.8. The Balaban J connectivity index is 0.750. The number of anilines is 6. The third-order valence-electron chi connectivity index (χ3n) is 20.5. The summed E-state index contributed by atoms with van der Waals surface area (Å²) < 4.78 is 0. The van der Waals surface area contributed by atoms with Gasteiger partial charge in [-0.05, 0) is 208 Å². The van der Waals surface area contributed by atoms with Crippen LogP contribution in [0.2, 0.25) is 0 Å². The molecule has 2 unspecified atom stereocenters. The highest BCUT2D eigenvalue weighted by Gasteiger charge is 2.47. The summed E-state index contributed by atoms with van der Waals surface area (Å²) in [6, 6.07) is 118. The molecule has 96 heavy (non-hydrogen) atoms. The van der Waals surface area contributed by atoms with E-state index in [2.05, 4.69) is 380 Å². The molecule has 0 spiro atoms. The average molecular weight is 1240 g/mol. The minimum absolute atomic E-state index is 0.0276. The van der Waals surface area contributed by atoms with Crippen LogP contribution in [0.4, 0.5) is 34.1 Å². The van der Waals surface area contributed by atoms with Gasteiger partial charge in [-0.1, -0.05) is 310 Å². The molecule has 13 aromatic rings. The van der Waals surface area contributed by atoms with Crippen molar-refractivity contribution in [2.75, 3.05) is 9.80 Å². The Labute approximate surface area is 568 Å². The first kappa shape index (κ1) is 61.1. The third kappa shape index (κ3) is 11.0. The molecule has 2 atom stereocenters. The third-order valence-corrected chi connectivity index (χ3v) is 20.5. The van der Waals surface area contributed by atoms with Gasteiger partial charge in [-0.25, -0.2) is 0 Å². The molecule has 2 heteroatoms. The van der Waals surface area contributed by atoms with Crippen molar-refractivity contribution >= 4 is 46.3 Å². The molecule has 2 aliphatic rings. The molecule has 2 nitrogen and oxygen atoms in total. The molecule has 0 saturated carbocycles. The Bertz CT molecular complexity index is 4650. The van der Waals surface area contributed by atoms with Gasteiger partial charge in [-0.2, -0.15) is 0 Å². The van der Waals surface area contributed by atoms with Crippen LogP contribution < -0.4 is 9.80 Å². The number of hydrogen-bond donors (Lipinski definition) is 0. The van der Waals surface area contributed by atoms with Crippen LogP contribution in [0.3, 0.4) is 0 Å². The number of para-hydroxylation sites is 2. The van der Waals surface area contributed by atoms with Gasteiger partial charge in [0, 0.05) is 34.1 Å². The summed E-state index contributed by atoms with van der Waals surface area (Å²) in [7, 11) is 0. The van der Waals surface area contributed by atoms with Crippen molar-refractivity contribution in [1.29, 1.82) is 0 Å². The predicted molar refractivity (Wildman–Crippen MR) is 408 cm³/mol. The summed E-state index contributed by atoms with van der Waals surface area (Å²) in [6.45, 7) is 21.9. The molecular formula is C94H80N2. The molecule has 0 saturated heterocycles. The van der Waals surface area contributed by atoms with Crippen LogP contribution in [0.15, 0.2) is 329 Å². The molecule has 13 aromatic carbocycles. The van der Waals surface area contributed by atoms with E-state index >= 15 is 0 Å². The van der Waals surface area contributed by atoms with Crippen LogP contribution in [0, 0.1) is 0 Å². The Morgan fingerprint density at radius 1 is 0.281 bits per heavy atom. The van der Waals surface area contributed by atoms with Crippen molar-refractivity contribution in [2.45, 2.75) is 76.0 Å². The van der Waals surface area contributed by atoms with Crippen LogP contribution in [0.25, 0.3) is 56.7 Å². The molecule has 0 fully saturated rings.